The molecule has 1 aliphatic carbocycles. The number of nitrogens with zero attached hydrogens (tertiary/aromatic N) is 3. The number of para-hydroxylation sites is 2. The van der Waals surface area contributed by atoms with Crippen molar-refractivity contribution in [3.05, 3.63) is 145 Å². The third-order valence-electron chi connectivity index (χ3n) is 9.40. The first-order valence-corrected chi connectivity index (χ1v) is 16.2. The fourth-order valence-electron chi connectivity index (χ4n) is 7.09. The van der Waals surface area contributed by atoms with E-state index in [0.29, 0.717) is 17.5 Å². The number of aromatic nitrogens is 3. The summed E-state index contributed by atoms with van der Waals surface area (Å²) in [6.07, 6.45) is 6.53. The normalized spacial score (nSPS) is 12.8. The Bertz CT molecular complexity index is 2740. The molecule has 0 fully saturated rings. The van der Waals surface area contributed by atoms with Gasteiger partial charge in [-0.05, 0) is 77.6 Å². The Labute approximate surface area is 275 Å². The average Bonchev–Trinajstić information content (AvgIpc) is 3.72. The summed E-state index contributed by atoms with van der Waals surface area (Å²) in [7, 11) is 0. The average molecular weight is 618 g/mol. The van der Waals surface area contributed by atoms with Crippen LogP contribution in [-0.2, 0) is 6.42 Å². The molecule has 0 saturated heterocycles. The number of furan rings is 2. The number of aryl methyl sites for hydroxylation is 1. The molecule has 0 saturated carbocycles. The van der Waals surface area contributed by atoms with Gasteiger partial charge in [-0.1, -0.05) is 97.1 Å². The number of hydrogen-bond acceptors (Lipinski definition) is 5. The van der Waals surface area contributed by atoms with Crippen molar-refractivity contribution < 1.29 is 8.83 Å². The molecule has 0 N–H and O–H groups in total. The second-order valence-corrected chi connectivity index (χ2v) is 12.3. The topological polar surface area (TPSA) is 65.0 Å². The first-order chi connectivity index (χ1) is 23.8. The van der Waals surface area contributed by atoms with Gasteiger partial charge in [0.25, 0.3) is 0 Å². The zero-order valence-electron chi connectivity index (χ0n) is 25.9. The largest absolute Gasteiger partial charge is 0.456 e. The molecule has 226 valence electrons. The van der Waals surface area contributed by atoms with Crippen molar-refractivity contribution in [2.75, 3.05) is 0 Å². The van der Waals surface area contributed by atoms with Gasteiger partial charge >= 0.3 is 0 Å². The zero-order chi connectivity index (χ0) is 31.6. The third kappa shape index (κ3) is 4.28. The van der Waals surface area contributed by atoms with Gasteiger partial charge < -0.3 is 8.83 Å². The lowest BCUT2D eigenvalue weighted by atomic mass is 9.90. The van der Waals surface area contributed by atoms with Crippen LogP contribution in [0.25, 0.3) is 95.2 Å². The van der Waals surface area contributed by atoms with Gasteiger partial charge in [0.15, 0.2) is 17.5 Å². The number of hydrogen-bond donors (Lipinski definition) is 0. The molecule has 0 radical (unpaired) electrons. The highest BCUT2D eigenvalue weighted by atomic mass is 16.3. The van der Waals surface area contributed by atoms with E-state index < -0.39 is 0 Å². The number of rotatable bonds is 4. The number of fused-ring (bicyclic) bond motifs is 7. The van der Waals surface area contributed by atoms with E-state index in [1.807, 2.05) is 72.8 Å². The zero-order valence-corrected chi connectivity index (χ0v) is 25.9. The van der Waals surface area contributed by atoms with Crippen molar-refractivity contribution >= 4 is 50.0 Å². The van der Waals surface area contributed by atoms with Gasteiger partial charge in [-0.2, -0.15) is 0 Å². The molecule has 5 heteroatoms. The molecule has 0 aliphatic heterocycles. The SMILES string of the molecule is C1=Cc2ccc(-c3ccc4oc5ccccc5c4c3-c3nc(-c4ccccc4)nc(-c4ccc5oc6ccccc6c5c4)n3)cc2CC1. The van der Waals surface area contributed by atoms with Crippen LogP contribution >= 0.6 is 0 Å². The molecule has 0 amide bonds. The van der Waals surface area contributed by atoms with E-state index in [4.69, 9.17) is 23.8 Å². The highest BCUT2D eigenvalue weighted by molar-refractivity contribution is 6.15. The van der Waals surface area contributed by atoms with E-state index >= 15 is 0 Å². The van der Waals surface area contributed by atoms with Crippen LogP contribution < -0.4 is 0 Å². The standard InChI is InChI=1S/C43H27N3O2/c1-2-11-27(12-3-1)41-44-42(30-20-22-37-34(25-30)32-14-6-8-16-35(32)47-37)46-43(45-41)40-31(29-19-18-26-10-4-5-13-28(26)24-29)21-23-38-39(40)33-15-7-9-17-36(33)48-38/h1-4,6-12,14-25H,5,13H2. The fraction of sp³-hybridized carbons (Fsp3) is 0.0465. The highest BCUT2D eigenvalue weighted by Crippen LogP contribution is 2.43. The second-order valence-electron chi connectivity index (χ2n) is 12.3. The Morgan fingerprint density at radius 1 is 0.479 bits per heavy atom. The molecule has 0 atom stereocenters. The minimum absolute atomic E-state index is 0.595. The van der Waals surface area contributed by atoms with Gasteiger partial charge in [0, 0.05) is 38.2 Å². The molecule has 3 aromatic heterocycles. The van der Waals surface area contributed by atoms with Crippen molar-refractivity contribution in [2.24, 2.45) is 0 Å². The highest BCUT2D eigenvalue weighted by Gasteiger charge is 2.23. The molecule has 9 aromatic rings. The van der Waals surface area contributed by atoms with Gasteiger partial charge in [0.1, 0.15) is 22.3 Å². The lowest BCUT2D eigenvalue weighted by Crippen LogP contribution is -2.02. The first-order valence-electron chi connectivity index (χ1n) is 16.2. The molecule has 5 nitrogen and oxygen atoms in total. The Hall–Kier alpha value is -6.33. The van der Waals surface area contributed by atoms with Crippen molar-refractivity contribution in [1.29, 1.82) is 0 Å². The lowest BCUT2D eigenvalue weighted by Gasteiger charge is -2.16. The van der Waals surface area contributed by atoms with Crippen LogP contribution in [0.1, 0.15) is 17.5 Å². The summed E-state index contributed by atoms with van der Waals surface area (Å²) in [6.45, 7) is 0. The van der Waals surface area contributed by atoms with Crippen molar-refractivity contribution in [3.8, 4) is 45.3 Å². The lowest BCUT2D eigenvalue weighted by molar-refractivity contribution is 0.668. The van der Waals surface area contributed by atoms with Gasteiger partial charge in [-0.15, -0.1) is 0 Å². The maximum absolute atomic E-state index is 6.42. The van der Waals surface area contributed by atoms with Crippen molar-refractivity contribution in [1.82, 2.24) is 15.0 Å². The van der Waals surface area contributed by atoms with Crippen LogP contribution in [0.2, 0.25) is 0 Å². The van der Waals surface area contributed by atoms with Crippen molar-refractivity contribution in [3.63, 3.8) is 0 Å². The molecular formula is C43H27N3O2. The van der Waals surface area contributed by atoms with Crippen LogP contribution in [0.3, 0.4) is 0 Å². The number of benzene rings is 6. The minimum atomic E-state index is 0.595. The number of allylic oxidation sites excluding steroid dienone is 1. The fourth-order valence-corrected chi connectivity index (χ4v) is 7.09. The van der Waals surface area contributed by atoms with Crippen molar-refractivity contribution in [2.45, 2.75) is 12.8 Å². The molecule has 3 heterocycles. The summed E-state index contributed by atoms with van der Waals surface area (Å²) in [5, 5.41) is 4.11. The van der Waals surface area contributed by atoms with E-state index in [-0.39, 0.29) is 0 Å². The molecule has 10 rings (SSSR count). The van der Waals surface area contributed by atoms with Gasteiger partial charge in [0.05, 0.1) is 0 Å². The Morgan fingerprint density at radius 2 is 1.15 bits per heavy atom. The molecular weight excluding hydrogens is 590 g/mol. The first kappa shape index (κ1) is 26.8. The summed E-state index contributed by atoms with van der Waals surface area (Å²) in [5.74, 6) is 1.80. The van der Waals surface area contributed by atoms with Gasteiger partial charge in [-0.3, -0.25) is 0 Å². The van der Waals surface area contributed by atoms with E-state index in [1.54, 1.807) is 0 Å². The van der Waals surface area contributed by atoms with E-state index in [2.05, 4.69) is 66.7 Å². The minimum Gasteiger partial charge on any atom is -0.456 e. The summed E-state index contributed by atoms with van der Waals surface area (Å²) < 4.78 is 12.6. The summed E-state index contributed by atoms with van der Waals surface area (Å²) in [4.78, 5) is 15.6. The van der Waals surface area contributed by atoms with E-state index in [9.17, 15) is 0 Å². The van der Waals surface area contributed by atoms with Crippen LogP contribution in [0, 0.1) is 0 Å². The Balaban J connectivity index is 1.28. The predicted molar refractivity (Wildman–Crippen MR) is 193 cm³/mol. The summed E-state index contributed by atoms with van der Waals surface area (Å²) in [5.41, 5.74) is 10.9. The van der Waals surface area contributed by atoms with Gasteiger partial charge in [-0.25, -0.2) is 15.0 Å². The molecule has 0 unspecified atom stereocenters. The maximum atomic E-state index is 6.42. The smallest absolute Gasteiger partial charge is 0.165 e. The van der Waals surface area contributed by atoms with Crippen LogP contribution in [-0.4, -0.2) is 15.0 Å². The Morgan fingerprint density at radius 3 is 2.02 bits per heavy atom. The second kappa shape index (κ2) is 10.6. The predicted octanol–water partition coefficient (Wildman–Crippen LogP) is 11.3. The summed E-state index contributed by atoms with van der Waals surface area (Å²) >= 11 is 0. The van der Waals surface area contributed by atoms with E-state index in [0.717, 1.165) is 84.5 Å². The third-order valence-corrected chi connectivity index (χ3v) is 9.40. The monoisotopic (exact) mass is 617 g/mol. The van der Waals surface area contributed by atoms with Crippen LogP contribution in [0.15, 0.2) is 142 Å². The quantitative estimate of drug-likeness (QED) is 0.197. The Kier molecular flexibility index (Phi) is 5.93. The molecule has 48 heavy (non-hydrogen) atoms. The molecule has 0 bridgehead atoms. The molecule has 0 spiro atoms. The van der Waals surface area contributed by atoms with E-state index in [1.165, 1.54) is 11.1 Å². The summed E-state index contributed by atoms with van der Waals surface area (Å²) in [6, 6.07) is 43.6. The van der Waals surface area contributed by atoms with Crippen LogP contribution in [0.5, 0.6) is 0 Å². The molecule has 6 aromatic carbocycles. The maximum Gasteiger partial charge on any atom is 0.165 e. The molecule has 1 aliphatic rings. The van der Waals surface area contributed by atoms with Crippen LogP contribution in [0.4, 0.5) is 0 Å². The van der Waals surface area contributed by atoms with Gasteiger partial charge in [0.2, 0.25) is 0 Å².